The SMILES string of the molecule is CN(C)C(=S)S.c1ccc(-n2cccn2)cc1. The van der Waals surface area contributed by atoms with Gasteiger partial charge >= 0.3 is 0 Å². The molecule has 0 aliphatic heterocycles. The minimum Gasteiger partial charge on any atom is -0.364 e. The molecule has 0 N–H and O–H groups in total. The molecule has 2 aromatic rings. The topological polar surface area (TPSA) is 21.1 Å². The number of thiocarbonyl (C=S) groups is 1. The molecule has 17 heavy (non-hydrogen) atoms. The molecule has 0 aliphatic carbocycles. The lowest BCUT2D eigenvalue weighted by molar-refractivity contribution is 0.648. The van der Waals surface area contributed by atoms with Gasteiger partial charge in [0.1, 0.15) is 4.32 Å². The van der Waals surface area contributed by atoms with E-state index >= 15 is 0 Å². The van der Waals surface area contributed by atoms with E-state index in [0.717, 1.165) is 5.69 Å². The van der Waals surface area contributed by atoms with Crippen LogP contribution >= 0.6 is 24.8 Å². The van der Waals surface area contributed by atoms with Crippen LogP contribution in [0.5, 0.6) is 0 Å². The molecule has 0 radical (unpaired) electrons. The van der Waals surface area contributed by atoms with E-state index in [2.05, 4.69) is 29.9 Å². The van der Waals surface area contributed by atoms with Gasteiger partial charge in [0.05, 0.1) is 5.69 Å². The summed E-state index contributed by atoms with van der Waals surface area (Å²) in [6, 6.07) is 11.9. The van der Waals surface area contributed by atoms with Gasteiger partial charge in [-0.05, 0) is 18.2 Å². The van der Waals surface area contributed by atoms with E-state index in [1.165, 1.54) is 0 Å². The highest BCUT2D eigenvalue weighted by molar-refractivity contribution is 8.10. The largest absolute Gasteiger partial charge is 0.364 e. The number of rotatable bonds is 1. The molecule has 1 aromatic heterocycles. The van der Waals surface area contributed by atoms with E-state index in [1.807, 2.05) is 61.4 Å². The Kier molecular flexibility index (Phi) is 5.72. The molecule has 5 heteroatoms. The third kappa shape index (κ3) is 5.01. The zero-order valence-electron chi connectivity index (χ0n) is 9.82. The molecule has 3 nitrogen and oxygen atoms in total. The van der Waals surface area contributed by atoms with Crippen LogP contribution in [0.2, 0.25) is 0 Å². The molecule has 0 fully saturated rings. The molecular weight excluding hydrogens is 250 g/mol. The predicted octanol–water partition coefficient (Wildman–Crippen LogP) is 2.64. The van der Waals surface area contributed by atoms with E-state index in [0.29, 0.717) is 4.32 Å². The van der Waals surface area contributed by atoms with Gasteiger partial charge in [0.2, 0.25) is 0 Å². The van der Waals surface area contributed by atoms with Crippen molar-refractivity contribution >= 4 is 29.2 Å². The summed E-state index contributed by atoms with van der Waals surface area (Å²) in [4.78, 5) is 1.76. The van der Waals surface area contributed by atoms with Crippen LogP contribution in [-0.2, 0) is 0 Å². The Hall–Kier alpha value is -1.33. The summed E-state index contributed by atoms with van der Waals surface area (Å²) in [5.41, 5.74) is 1.09. The number of hydrogen-bond acceptors (Lipinski definition) is 2. The molecule has 0 saturated carbocycles. The molecule has 2 rings (SSSR count). The zero-order valence-corrected chi connectivity index (χ0v) is 11.5. The minimum absolute atomic E-state index is 0.620. The van der Waals surface area contributed by atoms with E-state index < -0.39 is 0 Å². The van der Waals surface area contributed by atoms with Gasteiger partial charge in [0, 0.05) is 26.5 Å². The number of hydrogen-bond donors (Lipinski definition) is 1. The van der Waals surface area contributed by atoms with E-state index in [4.69, 9.17) is 0 Å². The Labute approximate surface area is 112 Å². The van der Waals surface area contributed by atoms with Crippen LogP contribution in [-0.4, -0.2) is 33.1 Å². The lowest BCUT2D eigenvalue weighted by Crippen LogP contribution is -2.12. The first-order chi connectivity index (χ1) is 8.11. The van der Waals surface area contributed by atoms with Crippen molar-refractivity contribution in [3.05, 3.63) is 48.8 Å². The lowest BCUT2D eigenvalue weighted by Gasteiger charge is -2.05. The van der Waals surface area contributed by atoms with Gasteiger partial charge in [-0.15, -0.1) is 12.6 Å². The summed E-state index contributed by atoms with van der Waals surface area (Å²) in [5, 5.41) is 4.10. The molecule has 0 amide bonds. The molecule has 0 atom stereocenters. The summed E-state index contributed by atoms with van der Waals surface area (Å²) in [6.07, 6.45) is 3.70. The van der Waals surface area contributed by atoms with Crippen LogP contribution in [0.15, 0.2) is 48.8 Å². The van der Waals surface area contributed by atoms with Gasteiger partial charge in [-0.25, -0.2) is 4.68 Å². The van der Waals surface area contributed by atoms with Crippen LogP contribution < -0.4 is 0 Å². The number of para-hydroxylation sites is 1. The van der Waals surface area contributed by atoms with E-state index in [1.54, 1.807) is 11.1 Å². The average molecular weight is 265 g/mol. The van der Waals surface area contributed by atoms with Crippen molar-refractivity contribution in [2.75, 3.05) is 14.1 Å². The van der Waals surface area contributed by atoms with Crippen LogP contribution in [0, 0.1) is 0 Å². The first-order valence-electron chi connectivity index (χ1n) is 5.06. The minimum atomic E-state index is 0.620. The first-order valence-corrected chi connectivity index (χ1v) is 5.92. The zero-order chi connectivity index (χ0) is 12.7. The quantitative estimate of drug-likeness (QED) is 0.632. The van der Waals surface area contributed by atoms with Crippen LogP contribution in [0.1, 0.15) is 0 Å². The Morgan fingerprint density at radius 2 is 1.82 bits per heavy atom. The second-order valence-electron chi connectivity index (χ2n) is 3.46. The highest BCUT2D eigenvalue weighted by Gasteiger charge is 1.90. The van der Waals surface area contributed by atoms with E-state index in [9.17, 15) is 0 Å². The van der Waals surface area contributed by atoms with E-state index in [-0.39, 0.29) is 0 Å². The smallest absolute Gasteiger partial charge is 0.132 e. The molecule has 0 aliphatic rings. The van der Waals surface area contributed by atoms with Crippen LogP contribution in [0.25, 0.3) is 5.69 Å². The second-order valence-corrected chi connectivity index (χ2v) is 4.58. The Morgan fingerprint density at radius 1 is 1.24 bits per heavy atom. The number of thiol groups is 1. The van der Waals surface area contributed by atoms with Crippen LogP contribution in [0.4, 0.5) is 0 Å². The number of nitrogens with zero attached hydrogens (tertiary/aromatic N) is 3. The van der Waals surface area contributed by atoms with Crippen molar-refractivity contribution in [1.82, 2.24) is 14.7 Å². The molecule has 90 valence electrons. The monoisotopic (exact) mass is 265 g/mol. The van der Waals surface area contributed by atoms with Crippen molar-refractivity contribution in [1.29, 1.82) is 0 Å². The molecular formula is C12H15N3S2. The van der Waals surface area contributed by atoms with Gasteiger partial charge in [-0.3, -0.25) is 0 Å². The standard InChI is InChI=1S/C9H8N2.C3H7NS2/c1-2-5-9(6-3-1)11-8-4-7-10-11;1-4(2)3(5)6/h1-8H;1-2H3,(H,5,6). The second kappa shape index (κ2) is 7.09. The maximum absolute atomic E-state index is 4.61. The third-order valence-electron chi connectivity index (χ3n) is 1.91. The summed E-state index contributed by atoms with van der Waals surface area (Å²) < 4.78 is 2.45. The fourth-order valence-electron chi connectivity index (χ4n) is 1.00. The molecule has 0 bridgehead atoms. The van der Waals surface area contributed by atoms with Crippen molar-refractivity contribution < 1.29 is 0 Å². The van der Waals surface area contributed by atoms with Gasteiger partial charge in [0.15, 0.2) is 0 Å². The normalized spacial score (nSPS) is 9.12. The lowest BCUT2D eigenvalue weighted by atomic mass is 10.3. The maximum atomic E-state index is 4.61. The highest BCUT2D eigenvalue weighted by atomic mass is 32.1. The Bertz CT molecular complexity index is 438. The summed E-state index contributed by atoms with van der Waals surface area (Å²) in [7, 11) is 3.71. The number of benzene rings is 1. The van der Waals surface area contributed by atoms with Crippen molar-refractivity contribution in [2.24, 2.45) is 0 Å². The number of aromatic nitrogens is 2. The Balaban J connectivity index is 0.000000209. The third-order valence-corrected chi connectivity index (χ3v) is 2.67. The summed E-state index contributed by atoms with van der Waals surface area (Å²) in [5.74, 6) is 0. The predicted molar refractivity (Wildman–Crippen MR) is 78.8 cm³/mol. The fourth-order valence-corrected chi connectivity index (χ4v) is 1.00. The average Bonchev–Trinajstić information content (AvgIpc) is 2.84. The van der Waals surface area contributed by atoms with Crippen molar-refractivity contribution in [2.45, 2.75) is 0 Å². The van der Waals surface area contributed by atoms with Gasteiger partial charge in [-0.1, -0.05) is 30.4 Å². The molecule has 0 saturated heterocycles. The van der Waals surface area contributed by atoms with Crippen molar-refractivity contribution in [3.8, 4) is 5.69 Å². The molecule has 1 heterocycles. The van der Waals surface area contributed by atoms with Gasteiger partial charge in [0.25, 0.3) is 0 Å². The molecule has 0 unspecified atom stereocenters. The highest BCUT2D eigenvalue weighted by Crippen LogP contribution is 2.03. The maximum Gasteiger partial charge on any atom is 0.132 e. The van der Waals surface area contributed by atoms with Gasteiger partial charge in [-0.2, -0.15) is 5.10 Å². The summed E-state index contributed by atoms with van der Waals surface area (Å²) in [6.45, 7) is 0. The molecule has 0 spiro atoms. The van der Waals surface area contributed by atoms with Crippen LogP contribution in [0.3, 0.4) is 0 Å². The molecule has 1 aromatic carbocycles. The summed E-state index contributed by atoms with van der Waals surface area (Å²) >= 11 is 8.46. The first kappa shape index (κ1) is 13.7. The fraction of sp³-hybridized carbons (Fsp3) is 0.167. The van der Waals surface area contributed by atoms with Crippen molar-refractivity contribution in [3.63, 3.8) is 0 Å². The Morgan fingerprint density at radius 3 is 2.24 bits per heavy atom. The van der Waals surface area contributed by atoms with Gasteiger partial charge < -0.3 is 4.90 Å².